The van der Waals surface area contributed by atoms with Gasteiger partial charge >= 0.3 is 0 Å². The predicted molar refractivity (Wildman–Crippen MR) is 64.1 cm³/mol. The van der Waals surface area contributed by atoms with Gasteiger partial charge in [0.2, 0.25) is 0 Å². The van der Waals surface area contributed by atoms with E-state index in [1.807, 2.05) is 6.92 Å². The van der Waals surface area contributed by atoms with Crippen molar-refractivity contribution in [1.29, 1.82) is 0 Å². The van der Waals surface area contributed by atoms with Crippen LogP contribution in [-0.4, -0.2) is 22.4 Å². The molecule has 3 heteroatoms. The molecule has 86 valence electrons. The minimum absolute atomic E-state index is 0.000351. The van der Waals surface area contributed by atoms with E-state index >= 15 is 0 Å². The lowest BCUT2D eigenvalue weighted by molar-refractivity contribution is -0.0417. The number of ether oxygens (including phenoxy) is 1. The number of hydrogen-bond donors (Lipinski definition) is 0. The highest BCUT2D eigenvalue weighted by atomic mass is 28.3. The van der Waals surface area contributed by atoms with Crippen LogP contribution in [0.5, 0.6) is 0 Å². The molecule has 0 heterocycles. The molecule has 0 aliphatic rings. The third-order valence-electron chi connectivity index (χ3n) is 2.48. The molecule has 0 radical (unpaired) electrons. The topological polar surface area (TPSA) is 18.5 Å². The Morgan fingerprint density at radius 1 is 1.07 bits per heavy atom. The van der Waals surface area contributed by atoms with Crippen LogP contribution >= 0.6 is 0 Å². The van der Waals surface area contributed by atoms with Gasteiger partial charge in [0.05, 0.1) is 0 Å². The summed E-state index contributed by atoms with van der Waals surface area (Å²) in [5, 5.41) is 0. The van der Waals surface area contributed by atoms with Crippen LogP contribution in [0.15, 0.2) is 0 Å². The minimum atomic E-state index is -0.970. The first-order valence-corrected chi connectivity index (χ1v) is 8.03. The van der Waals surface area contributed by atoms with Crippen molar-refractivity contribution in [2.45, 2.75) is 64.8 Å². The van der Waals surface area contributed by atoms with E-state index in [0.29, 0.717) is 0 Å². The molecule has 0 saturated heterocycles. The molecule has 1 unspecified atom stereocenters. The van der Waals surface area contributed by atoms with E-state index in [9.17, 15) is 0 Å². The first-order chi connectivity index (χ1) is 6.74. The Hall–Kier alpha value is 0.137. The van der Waals surface area contributed by atoms with Gasteiger partial charge in [0.1, 0.15) is 6.29 Å². The second kappa shape index (κ2) is 9.68. The van der Waals surface area contributed by atoms with Gasteiger partial charge < -0.3 is 9.16 Å². The Bertz CT molecular complexity index is 112. The van der Waals surface area contributed by atoms with Gasteiger partial charge in [-0.25, -0.2) is 0 Å². The Kier molecular flexibility index (Phi) is 9.78. The van der Waals surface area contributed by atoms with Crippen LogP contribution in [0.25, 0.3) is 0 Å². The van der Waals surface area contributed by atoms with Gasteiger partial charge in [0.15, 0.2) is 9.04 Å². The lowest BCUT2D eigenvalue weighted by atomic mass is 10.4. The summed E-state index contributed by atoms with van der Waals surface area (Å²) in [6, 6.07) is 2.62. The highest BCUT2D eigenvalue weighted by Gasteiger charge is 2.13. The maximum absolute atomic E-state index is 5.92. The molecule has 0 rings (SSSR count). The van der Waals surface area contributed by atoms with Crippen molar-refractivity contribution in [3.8, 4) is 0 Å². The van der Waals surface area contributed by atoms with Crippen molar-refractivity contribution in [3.05, 3.63) is 0 Å². The zero-order valence-corrected chi connectivity index (χ0v) is 11.4. The highest BCUT2D eigenvalue weighted by Crippen LogP contribution is 2.13. The summed E-state index contributed by atoms with van der Waals surface area (Å²) in [6.45, 7) is 6.48. The van der Waals surface area contributed by atoms with Gasteiger partial charge in [-0.1, -0.05) is 39.5 Å². The molecule has 0 aromatic carbocycles. The summed E-state index contributed by atoms with van der Waals surface area (Å²) in [5.41, 5.74) is 0. The van der Waals surface area contributed by atoms with Crippen molar-refractivity contribution in [2.75, 3.05) is 7.11 Å². The molecule has 0 saturated carbocycles. The fourth-order valence-electron chi connectivity index (χ4n) is 1.47. The minimum Gasteiger partial charge on any atom is -0.396 e. The van der Waals surface area contributed by atoms with E-state index < -0.39 is 9.04 Å². The van der Waals surface area contributed by atoms with E-state index in [2.05, 4.69) is 13.8 Å². The van der Waals surface area contributed by atoms with Crippen molar-refractivity contribution >= 4 is 9.04 Å². The van der Waals surface area contributed by atoms with Crippen molar-refractivity contribution < 1.29 is 9.16 Å². The zero-order chi connectivity index (χ0) is 10.8. The van der Waals surface area contributed by atoms with Crippen LogP contribution in [0.3, 0.4) is 0 Å². The standard InChI is InChI=1S/C11H26O2Si/c1-5-7-9-14(10-8-6-2)13-11(3)12-4/h11,14H,5-10H2,1-4H3. The smallest absolute Gasteiger partial charge is 0.180 e. The third kappa shape index (κ3) is 7.53. The van der Waals surface area contributed by atoms with E-state index in [1.165, 1.54) is 37.8 Å². The number of unbranched alkanes of at least 4 members (excludes halogenated alkanes) is 2. The van der Waals surface area contributed by atoms with E-state index in [0.717, 1.165) is 0 Å². The van der Waals surface area contributed by atoms with Gasteiger partial charge in [-0.3, -0.25) is 0 Å². The summed E-state index contributed by atoms with van der Waals surface area (Å²) < 4.78 is 11.1. The molecule has 0 bridgehead atoms. The molecule has 0 amide bonds. The van der Waals surface area contributed by atoms with Crippen molar-refractivity contribution in [1.82, 2.24) is 0 Å². The number of hydrogen-bond acceptors (Lipinski definition) is 2. The molecule has 0 aromatic rings. The lowest BCUT2D eigenvalue weighted by Gasteiger charge is -2.20. The van der Waals surface area contributed by atoms with Gasteiger partial charge in [-0.15, -0.1) is 0 Å². The zero-order valence-electron chi connectivity index (χ0n) is 10.2. The second-order valence-electron chi connectivity index (χ2n) is 3.85. The van der Waals surface area contributed by atoms with Crippen LogP contribution in [0.1, 0.15) is 46.5 Å². The summed E-state index contributed by atoms with van der Waals surface area (Å²) in [6.07, 6.45) is 5.19. The van der Waals surface area contributed by atoms with E-state index in [4.69, 9.17) is 9.16 Å². The SMILES string of the molecule is CCCC[SiH](CCCC)OC(C)OC. The van der Waals surface area contributed by atoms with Gasteiger partial charge in [-0.2, -0.15) is 0 Å². The number of rotatable bonds is 9. The average molecular weight is 218 g/mol. The quantitative estimate of drug-likeness (QED) is 0.436. The maximum atomic E-state index is 5.92. The first kappa shape index (κ1) is 14.1. The molecule has 0 aromatic heterocycles. The van der Waals surface area contributed by atoms with Crippen LogP contribution in [-0.2, 0) is 9.16 Å². The van der Waals surface area contributed by atoms with Crippen LogP contribution in [0.4, 0.5) is 0 Å². The molecule has 0 spiro atoms. The molecule has 2 nitrogen and oxygen atoms in total. The Labute approximate surface area is 90.7 Å². The fourth-order valence-corrected chi connectivity index (χ4v) is 4.41. The molecule has 14 heavy (non-hydrogen) atoms. The Balaban J connectivity index is 3.71. The predicted octanol–water partition coefficient (Wildman–Crippen LogP) is 3.32. The highest BCUT2D eigenvalue weighted by molar-refractivity contribution is 6.51. The summed E-state index contributed by atoms with van der Waals surface area (Å²) in [5.74, 6) is 0. The Morgan fingerprint density at radius 2 is 1.57 bits per heavy atom. The normalized spacial score (nSPS) is 13.5. The van der Waals surface area contributed by atoms with E-state index in [-0.39, 0.29) is 6.29 Å². The molecule has 1 atom stereocenters. The summed E-state index contributed by atoms with van der Waals surface area (Å²) in [4.78, 5) is 0. The largest absolute Gasteiger partial charge is 0.396 e. The monoisotopic (exact) mass is 218 g/mol. The maximum Gasteiger partial charge on any atom is 0.180 e. The molecule has 0 aliphatic carbocycles. The molecular formula is C11H26O2Si. The van der Waals surface area contributed by atoms with Crippen molar-refractivity contribution in [2.24, 2.45) is 0 Å². The first-order valence-electron chi connectivity index (χ1n) is 5.92. The number of methoxy groups -OCH3 is 1. The van der Waals surface area contributed by atoms with Crippen LogP contribution in [0.2, 0.25) is 12.1 Å². The third-order valence-corrected chi connectivity index (χ3v) is 5.35. The van der Waals surface area contributed by atoms with Gasteiger partial charge in [0, 0.05) is 7.11 Å². The summed E-state index contributed by atoms with van der Waals surface area (Å²) in [7, 11) is 0.748. The molecular weight excluding hydrogens is 192 g/mol. The van der Waals surface area contributed by atoms with E-state index in [1.54, 1.807) is 7.11 Å². The Morgan fingerprint density at radius 3 is 1.93 bits per heavy atom. The van der Waals surface area contributed by atoms with Crippen LogP contribution in [0, 0.1) is 0 Å². The molecule has 0 aliphatic heterocycles. The average Bonchev–Trinajstić information content (AvgIpc) is 2.21. The second-order valence-corrected chi connectivity index (χ2v) is 6.52. The summed E-state index contributed by atoms with van der Waals surface area (Å²) >= 11 is 0. The molecule has 0 fully saturated rings. The van der Waals surface area contributed by atoms with Gasteiger partial charge in [0.25, 0.3) is 0 Å². The van der Waals surface area contributed by atoms with Crippen LogP contribution < -0.4 is 0 Å². The van der Waals surface area contributed by atoms with Crippen molar-refractivity contribution in [3.63, 3.8) is 0 Å². The van der Waals surface area contributed by atoms with Gasteiger partial charge in [-0.05, 0) is 19.0 Å². The molecule has 0 N–H and O–H groups in total. The fraction of sp³-hybridized carbons (Fsp3) is 1.00. The lowest BCUT2D eigenvalue weighted by Crippen LogP contribution is -2.24.